The van der Waals surface area contributed by atoms with Crippen LogP contribution in [0.1, 0.15) is 23.7 Å². The van der Waals surface area contributed by atoms with Crippen LogP contribution in [0.3, 0.4) is 0 Å². The fourth-order valence-electron chi connectivity index (χ4n) is 1.14. The van der Waals surface area contributed by atoms with Crippen molar-refractivity contribution in [1.29, 1.82) is 0 Å². The van der Waals surface area contributed by atoms with E-state index in [4.69, 9.17) is 16.3 Å². The first-order chi connectivity index (χ1) is 7.19. The largest absolute Gasteiger partial charge is 0.492 e. The average Bonchev–Trinajstić information content (AvgIpc) is 2.21. The average molecular weight is 227 g/mol. The zero-order valence-electron chi connectivity index (χ0n) is 8.33. The van der Waals surface area contributed by atoms with Crippen molar-refractivity contribution in [2.45, 2.75) is 13.3 Å². The Morgan fingerprint density at radius 1 is 1.53 bits per heavy atom. The minimum Gasteiger partial charge on any atom is -0.492 e. The standard InChI is InChI=1S/C11H11ClO3/c1-2-15-11-4-3-8(7-9(11)12)10(14)5-6-13/h3-4,6-7H,2,5H2,1H3. The third kappa shape index (κ3) is 3.06. The summed E-state index contributed by atoms with van der Waals surface area (Å²) >= 11 is 5.89. The van der Waals surface area contributed by atoms with Gasteiger partial charge in [0.05, 0.1) is 18.1 Å². The van der Waals surface area contributed by atoms with Gasteiger partial charge in [-0.05, 0) is 25.1 Å². The molecule has 0 spiro atoms. The second-order valence-electron chi connectivity index (χ2n) is 2.87. The van der Waals surface area contributed by atoms with Gasteiger partial charge in [0.1, 0.15) is 12.0 Å². The molecule has 3 nitrogen and oxygen atoms in total. The van der Waals surface area contributed by atoms with Gasteiger partial charge in [-0.15, -0.1) is 0 Å². The monoisotopic (exact) mass is 226 g/mol. The minimum atomic E-state index is -0.241. The zero-order valence-corrected chi connectivity index (χ0v) is 9.08. The Morgan fingerprint density at radius 2 is 2.27 bits per heavy atom. The van der Waals surface area contributed by atoms with Crippen LogP contribution in [0.5, 0.6) is 5.75 Å². The predicted molar refractivity (Wildman–Crippen MR) is 57.6 cm³/mol. The first-order valence-electron chi connectivity index (χ1n) is 4.58. The van der Waals surface area contributed by atoms with Gasteiger partial charge in [-0.1, -0.05) is 11.6 Å². The molecule has 0 heterocycles. The SMILES string of the molecule is CCOc1ccc(C(=O)CC=O)cc1Cl. The predicted octanol–water partition coefficient (Wildman–Crippen LogP) is 2.51. The van der Waals surface area contributed by atoms with E-state index < -0.39 is 0 Å². The van der Waals surface area contributed by atoms with Crippen LogP contribution in [0.2, 0.25) is 5.02 Å². The molecule has 0 bridgehead atoms. The molecule has 0 aliphatic rings. The molecule has 15 heavy (non-hydrogen) atoms. The number of carbonyl (C=O) groups excluding carboxylic acids is 2. The third-order valence-electron chi connectivity index (χ3n) is 1.82. The van der Waals surface area contributed by atoms with Crippen LogP contribution >= 0.6 is 11.6 Å². The molecule has 0 fully saturated rings. The molecule has 1 rings (SSSR count). The number of Topliss-reactive ketones (excluding diaryl/α,β-unsaturated/α-hetero) is 1. The van der Waals surface area contributed by atoms with Gasteiger partial charge in [0, 0.05) is 5.56 Å². The highest BCUT2D eigenvalue weighted by molar-refractivity contribution is 6.32. The molecule has 0 atom stereocenters. The quantitative estimate of drug-likeness (QED) is 0.440. The Bertz CT molecular complexity index is 374. The van der Waals surface area contributed by atoms with Crippen molar-refractivity contribution in [2.24, 2.45) is 0 Å². The lowest BCUT2D eigenvalue weighted by molar-refractivity contribution is -0.107. The molecule has 4 heteroatoms. The molecule has 80 valence electrons. The third-order valence-corrected chi connectivity index (χ3v) is 2.12. The molecule has 0 saturated heterocycles. The summed E-state index contributed by atoms with van der Waals surface area (Å²) in [5, 5.41) is 0.383. The van der Waals surface area contributed by atoms with Gasteiger partial charge < -0.3 is 9.53 Å². The Morgan fingerprint density at radius 3 is 2.80 bits per heavy atom. The fraction of sp³-hybridized carbons (Fsp3) is 0.273. The highest BCUT2D eigenvalue weighted by Gasteiger charge is 2.08. The van der Waals surface area contributed by atoms with E-state index in [-0.39, 0.29) is 12.2 Å². The number of benzene rings is 1. The first-order valence-corrected chi connectivity index (χ1v) is 4.96. The van der Waals surface area contributed by atoms with E-state index in [0.29, 0.717) is 29.2 Å². The smallest absolute Gasteiger partial charge is 0.169 e. The van der Waals surface area contributed by atoms with Gasteiger partial charge in [0.25, 0.3) is 0 Å². The summed E-state index contributed by atoms with van der Waals surface area (Å²) in [6.07, 6.45) is 0.455. The lowest BCUT2D eigenvalue weighted by Gasteiger charge is -2.06. The molecule has 0 N–H and O–H groups in total. The topological polar surface area (TPSA) is 43.4 Å². The van der Waals surface area contributed by atoms with Crippen molar-refractivity contribution in [2.75, 3.05) is 6.61 Å². The number of ketones is 1. The molecule has 1 aromatic carbocycles. The van der Waals surface area contributed by atoms with Gasteiger partial charge >= 0.3 is 0 Å². The maximum atomic E-state index is 11.3. The number of carbonyl (C=O) groups is 2. The van der Waals surface area contributed by atoms with Crippen LogP contribution in [0, 0.1) is 0 Å². The van der Waals surface area contributed by atoms with E-state index in [1.165, 1.54) is 6.07 Å². The fourth-order valence-corrected chi connectivity index (χ4v) is 1.38. The normalized spacial score (nSPS) is 9.73. The lowest BCUT2D eigenvalue weighted by atomic mass is 10.1. The molecule has 1 aromatic rings. The number of ether oxygens (including phenoxy) is 1. The molecule has 0 aromatic heterocycles. The zero-order chi connectivity index (χ0) is 11.3. The van der Waals surface area contributed by atoms with Crippen LogP contribution in [-0.4, -0.2) is 18.7 Å². The van der Waals surface area contributed by atoms with E-state index in [1.54, 1.807) is 12.1 Å². The van der Waals surface area contributed by atoms with Gasteiger partial charge in [-0.2, -0.15) is 0 Å². The lowest BCUT2D eigenvalue weighted by Crippen LogP contribution is -2.00. The molecular formula is C11H11ClO3. The molecule has 0 amide bonds. The van der Waals surface area contributed by atoms with Crippen molar-refractivity contribution < 1.29 is 14.3 Å². The molecule has 0 aliphatic carbocycles. The summed E-state index contributed by atoms with van der Waals surface area (Å²) in [6, 6.07) is 4.74. The van der Waals surface area contributed by atoms with Gasteiger partial charge in [0.2, 0.25) is 0 Å². The molecule has 0 radical (unpaired) electrons. The van der Waals surface area contributed by atoms with Crippen molar-refractivity contribution in [3.8, 4) is 5.75 Å². The van der Waals surface area contributed by atoms with Crippen molar-refractivity contribution in [3.63, 3.8) is 0 Å². The van der Waals surface area contributed by atoms with Crippen molar-refractivity contribution >= 4 is 23.7 Å². The number of aldehydes is 1. The van der Waals surface area contributed by atoms with E-state index in [0.717, 1.165) is 0 Å². The van der Waals surface area contributed by atoms with Crippen LogP contribution in [-0.2, 0) is 4.79 Å². The Balaban J connectivity index is 2.90. The van der Waals surface area contributed by atoms with Gasteiger partial charge in [-0.25, -0.2) is 0 Å². The van der Waals surface area contributed by atoms with Gasteiger partial charge in [0.15, 0.2) is 5.78 Å². The van der Waals surface area contributed by atoms with E-state index in [9.17, 15) is 9.59 Å². The number of halogens is 1. The Kier molecular flexibility index (Phi) is 4.31. The first kappa shape index (κ1) is 11.7. The minimum absolute atomic E-state index is 0.121. The number of hydrogen-bond donors (Lipinski definition) is 0. The number of hydrogen-bond acceptors (Lipinski definition) is 3. The molecule has 0 saturated carbocycles. The van der Waals surface area contributed by atoms with Crippen LogP contribution in [0.4, 0.5) is 0 Å². The maximum absolute atomic E-state index is 11.3. The highest BCUT2D eigenvalue weighted by atomic mass is 35.5. The second kappa shape index (κ2) is 5.51. The Hall–Kier alpha value is -1.35. The summed E-state index contributed by atoms with van der Waals surface area (Å²) in [6.45, 7) is 2.36. The van der Waals surface area contributed by atoms with Crippen molar-refractivity contribution in [3.05, 3.63) is 28.8 Å². The summed E-state index contributed by atoms with van der Waals surface area (Å²) in [7, 11) is 0. The molecular weight excluding hydrogens is 216 g/mol. The number of rotatable bonds is 5. The summed E-state index contributed by atoms with van der Waals surface area (Å²) in [5.74, 6) is 0.303. The van der Waals surface area contributed by atoms with E-state index in [1.807, 2.05) is 6.92 Å². The molecule has 0 unspecified atom stereocenters. The van der Waals surface area contributed by atoms with Crippen LogP contribution in [0.25, 0.3) is 0 Å². The van der Waals surface area contributed by atoms with E-state index in [2.05, 4.69) is 0 Å². The Labute approximate surface area is 93.0 Å². The van der Waals surface area contributed by atoms with E-state index >= 15 is 0 Å². The summed E-state index contributed by atoms with van der Waals surface area (Å²) in [5.41, 5.74) is 0.426. The highest BCUT2D eigenvalue weighted by Crippen LogP contribution is 2.25. The maximum Gasteiger partial charge on any atom is 0.169 e. The molecule has 0 aliphatic heterocycles. The van der Waals surface area contributed by atoms with Crippen LogP contribution in [0.15, 0.2) is 18.2 Å². The van der Waals surface area contributed by atoms with Gasteiger partial charge in [-0.3, -0.25) is 4.79 Å². The summed E-state index contributed by atoms with van der Waals surface area (Å²) in [4.78, 5) is 21.5. The van der Waals surface area contributed by atoms with Crippen molar-refractivity contribution in [1.82, 2.24) is 0 Å². The summed E-state index contributed by atoms with van der Waals surface area (Å²) < 4.78 is 5.22. The second-order valence-corrected chi connectivity index (χ2v) is 3.28. The van der Waals surface area contributed by atoms with Crippen LogP contribution < -0.4 is 4.74 Å².